The molecule has 0 aliphatic carbocycles. The van der Waals surface area contributed by atoms with Crippen LogP contribution < -0.4 is 0 Å². The molecular weight excluding hydrogens is 349 g/mol. The third kappa shape index (κ3) is 3.92. The van der Waals surface area contributed by atoms with Gasteiger partial charge in [-0.3, -0.25) is 9.69 Å². The summed E-state index contributed by atoms with van der Waals surface area (Å²) < 4.78 is 14.5. The first-order chi connectivity index (χ1) is 12.7. The molecule has 0 atom stereocenters. The number of amides is 1. The van der Waals surface area contributed by atoms with Gasteiger partial charge in [-0.05, 0) is 29.8 Å². The molecule has 134 valence electrons. The molecule has 0 unspecified atom stereocenters. The number of carbonyl (C=O) groups excluding carboxylic acids is 1. The van der Waals surface area contributed by atoms with E-state index in [1.165, 1.54) is 16.8 Å². The highest BCUT2D eigenvalue weighted by atomic mass is 32.1. The molecule has 1 saturated heterocycles. The molecule has 4 rings (SSSR count). The fourth-order valence-electron chi connectivity index (χ4n) is 3.27. The quantitative estimate of drug-likeness (QED) is 0.708. The Morgan fingerprint density at radius 1 is 1.08 bits per heavy atom. The average molecular weight is 369 g/mol. The Morgan fingerprint density at radius 3 is 2.65 bits per heavy atom. The van der Waals surface area contributed by atoms with Crippen LogP contribution in [0.25, 0.3) is 10.2 Å². The van der Waals surface area contributed by atoms with Gasteiger partial charge in [-0.1, -0.05) is 24.3 Å². The molecule has 1 aliphatic rings. The minimum atomic E-state index is -0.295. The van der Waals surface area contributed by atoms with Gasteiger partial charge in [0.1, 0.15) is 10.8 Å². The van der Waals surface area contributed by atoms with Gasteiger partial charge < -0.3 is 4.90 Å². The van der Waals surface area contributed by atoms with E-state index >= 15 is 0 Å². The summed E-state index contributed by atoms with van der Waals surface area (Å²) in [5, 5.41) is 1.12. The van der Waals surface area contributed by atoms with E-state index < -0.39 is 0 Å². The number of fused-ring (bicyclic) bond motifs is 1. The van der Waals surface area contributed by atoms with Crippen molar-refractivity contribution in [1.29, 1.82) is 0 Å². The molecule has 1 amide bonds. The number of hydrogen-bond donors (Lipinski definition) is 0. The molecule has 0 N–H and O–H groups in total. The van der Waals surface area contributed by atoms with Gasteiger partial charge in [-0.2, -0.15) is 0 Å². The van der Waals surface area contributed by atoms with Crippen LogP contribution in [0.3, 0.4) is 0 Å². The summed E-state index contributed by atoms with van der Waals surface area (Å²) in [5.41, 5.74) is 1.78. The maximum absolute atomic E-state index is 13.3. The van der Waals surface area contributed by atoms with Crippen LogP contribution in [-0.4, -0.2) is 46.9 Å². The summed E-state index contributed by atoms with van der Waals surface area (Å²) in [6.07, 6.45) is 0.260. The zero-order valence-electron chi connectivity index (χ0n) is 14.4. The lowest BCUT2D eigenvalue weighted by molar-refractivity contribution is -0.132. The van der Waals surface area contributed by atoms with Crippen LogP contribution in [0.4, 0.5) is 4.39 Å². The monoisotopic (exact) mass is 369 g/mol. The molecule has 0 bridgehead atoms. The number of piperazine rings is 1. The van der Waals surface area contributed by atoms with Crippen molar-refractivity contribution >= 4 is 27.5 Å². The first kappa shape index (κ1) is 17.1. The fraction of sp³-hybridized carbons (Fsp3) is 0.300. The number of hydrogen-bond acceptors (Lipinski definition) is 4. The topological polar surface area (TPSA) is 36.4 Å². The third-order valence-electron chi connectivity index (χ3n) is 4.67. The van der Waals surface area contributed by atoms with Crippen molar-refractivity contribution in [2.45, 2.75) is 13.0 Å². The van der Waals surface area contributed by atoms with Gasteiger partial charge in [0.25, 0.3) is 0 Å². The number of nitrogens with zero attached hydrogens (tertiary/aromatic N) is 3. The van der Waals surface area contributed by atoms with E-state index in [-0.39, 0.29) is 18.1 Å². The molecule has 6 heteroatoms. The number of aromatic nitrogens is 1. The highest BCUT2D eigenvalue weighted by Crippen LogP contribution is 2.23. The van der Waals surface area contributed by atoms with Gasteiger partial charge in [0.05, 0.1) is 23.2 Å². The molecule has 2 heterocycles. The van der Waals surface area contributed by atoms with Gasteiger partial charge in [-0.25, -0.2) is 9.37 Å². The number of para-hydroxylation sites is 1. The normalized spacial score (nSPS) is 15.5. The lowest BCUT2D eigenvalue weighted by Gasteiger charge is -2.34. The Hall–Kier alpha value is -2.31. The number of halogens is 1. The molecule has 0 saturated carbocycles. The van der Waals surface area contributed by atoms with Crippen molar-refractivity contribution in [2.75, 3.05) is 26.2 Å². The first-order valence-electron chi connectivity index (χ1n) is 8.76. The molecule has 1 aliphatic heterocycles. The second kappa shape index (κ2) is 7.51. The molecule has 2 aromatic carbocycles. The highest BCUT2D eigenvalue weighted by Gasteiger charge is 2.22. The number of carbonyl (C=O) groups is 1. The Bertz CT molecular complexity index is 885. The van der Waals surface area contributed by atoms with Crippen molar-refractivity contribution in [3.05, 3.63) is 64.9 Å². The van der Waals surface area contributed by atoms with Crippen LogP contribution in [0.15, 0.2) is 48.5 Å². The van der Waals surface area contributed by atoms with E-state index in [1.54, 1.807) is 23.5 Å². The second-order valence-electron chi connectivity index (χ2n) is 6.54. The second-order valence-corrected chi connectivity index (χ2v) is 7.65. The fourth-order valence-corrected chi connectivity index (χ4v) is 4.28. The van der Waals surface area contributed by atoms with Crippen LogP contribution in [0.5, 0.6) is 0 Å². The van der Waals surface area contributed by atoms with Crippen molar-refractivity contribution in [3.63, 3.8) is 0 Å². The predicted octanol–water partition coefficient (Wildman–Crippen LogP) is 3.32. The zero-order chi connectivity index (χ0) is 17.9. The van der Waals surface area contributed by atoms with Crippen LogP contribution in [0.2, 0.25) is 0 Å². The smallest absolute Gasteiger partial charge is 0.227 e. The molecular formula is C20H20FN3OS. The largest absolute Gasteiger partial charge is 0.340 e. The number of rotatable bonds is 4. The lowest BCUT2D eigenvalue weighted by atomic mass is 10.1. The molecule has 1 fully saturated rings. The summed E-state index contributed by atoms with van der Waals surface area (Å²) in [7, 11) is 0. The van der Waals surface area contributed by atoms with E-state index in [9.17, 15) is 9.18 Å². The summed E-state index contributed by atoms with van der Waals surface area (Å²) in [4.78, 5) is 21.3. The number of thiazole rings is 1. The van der Waals surface area contributed by atoms with Crippen LogP contribution in [-0.2, 0) is 17.8 Å². The van der Waals surface area contributed by atoms with Gasteiger partial charge >= 0.3 is 0 Å². The standard InChI is InChI=1S/C20H20FN3OS/c21-16-5-3-4-15(12-16)13-20(25)24-10-8-23(9-11-24)14-19-22-17-6-1-2-7-18(17)26-19/h1-7,12H,8-11,13-14H2. The number of benzene rings is 2. The first-order valence-corrected chi connectivity index (χ1v) is 9.58. The van der Waals surface area contributed by atoms with E-state index in [4.69, 9.17) is 0 Å². The Kier molecular flexibility index (Phi) is 4.95. The van der Waals surface area contributed by atoms with Crippen LogP contribution in [0.1, 0.15) is 10.6 Å². The molecule has 0 spiro atoms. The van der Waals surface area contributed by atoms with Gasteiger partial charge in [0.15, 0.2) is 0 Å². The van der Waals surface area contributed by atoms with E-state index in [2.05, 4.69) is 16.0 Å². The minimum Gasteiger partial charge on any atom is -0.340 e. The maximum Gasteiger partial charge on any atom is 0.227 e. The summed E-state index contributed by atoms with van der Waals surface area (Å²) in [6.45, 7) is 3.92. The lowest BCUT2D eigenvalue weighted by Crippen LogP contribution is -2.48. The van der Waals surface area contributed by atoms with Gasteiger partial charge in [0, 0.05) is 26.2 Å². The SMILES string of the molecule is O=C(Cc1cccc(F)c1)N1CCN(Cc2nc3ccccc3s2)CC1. The summed E-state index contributed by atoms with van der Waals surface area (Å²) >= 11 is 1.73. The average Bonchev–Trinajstić information content (AvgIpc) is 3.04. The van der Waals surface area contributed by atoms with Crippen LogP contribution in [0, 0.1) is 5.82 Å². The molecule has 0 radical (unpaired) electrons. The Morgan fingerprint density at radius 2 is 1.88 bits per heavy atom. The third-order valence-corrected chi connectivity index (χ3v) is 5.69. The Balaban J connectivity index is 1.31. The molecule has 4 nitrogen and oxygen atoms in total. The highest BCUT2D eigenvalue weighted by molar-refractivity contribution is 7.18. The van der Waals surface area contributed by atoms with Crippen molar-refractivity contribution in [2.24, 2.45) is 0 Å². The van der Waals surface area contributed by atoms with Crippen LogP contribution >= 0.6 is 11.3 Å². The van der Waals surface area contributed by atoms with E-state index in [0.717, 1.165) is 35.7 Å². The van der Waals surface area contributed by atoms with Crippen molar-refractivity contribution < 1.29 is 9.18 Å². The molecule has 26 heavy (non-hydrogen) atoms. The minimum absolute atomic E-state index is 0.0650. The van der Waals surface area contributed by atoms with Gasteiger partial charge in [0.2, 0.25) is 5.91 Å². The predicted molar refractivity (Wildman–Crippen MR) is 102 cm³/mol. The van der Waals surface area contributed by atoms with E-state index in [1.807, 2.05) is 23.1 Å². The zero-order valence-corrected chi connectivity index (χ0v) is 15.2. The van der Waals surface area contributed by atoms with E-state index in [0.29, 0.717) is 13.1 Å². The van der Waals surface area contributed by atoms with Crippen molar-refractivity contribution in [1.82, 2.24) is 14.8 Å². The maximum atomic E-state index is 13.3. The van der Waals surface area contributed by atoms with Crippen molar-refractivity contribution in [3.8, 4) is 0 Å². The summed E-state index contributed by atoms with van der Waals surface area (Å²) in [5.74, 6) is -0.230. The summed E-state index contributed by atoms with van der Waals surface area (Å²) in [6, 6.07) is 14.5. The molecule has 3 aromatic rings. The Labute approximate surface area is 155 Å². The molecule has 1 aromatic heterocycles. The van der Waals surface area contributed by atoms with Gasteiger partial charge in [-0.15, -0.1) is 11.3 Å².